The van der Waals surface area contributed by atoms with Gasteiger partial charge in [0.15, 0.2) is 11.8 Å². The van der Waals surface area contributed by atoms with Gasteiger partial charge in [0.1, 0.15) is 6.61 Å². The van der Waals surface area contributed by atoms with Crippen LogP contribution in [0, 0.1) is 0 Å². The van der Waals surface area contributed by atoms with E-state index in [0.717, 1.165) is 16.9 Å². The molecule has 0 saturated heterocycles. The minimum atomic E-state index is -4.32. The molecule has 2 N–H and O–H groups in total. The van der Waals surface area contributed by atoms with E-state index in [9.17, 15) is 13.2 Å². The molecule has 0 bridgehead atoms. The Morgan fingerprint density at radius 3 is 2.34 bits per heavy atom. The van der Waals surface area contributed by atoms with Gasteiger partial charge in [0, 0.05) is 38.7 Å². The highest BCUT2D eigenvalue weighted by molar-refractivity contribution is 14.0. The van der Waals surface area contributed by atoms with Gasteiger partial charge in [-0.05, 0) is 34.9 Å². The Morgan fingerprint density at radius 1 is 1.03 bits per heavy atom. The molecule has 2 heterocycles. The maximum atomic E-state index is 12.1. The van der Waals surface area contributed by atoms with Crippen molar-refractivity contribution in [1.82, 2.24) is 25.4 Å². The van der Waals surface area contributed by atoms with E-state index < -0.39 is 12.8 Å². The van der Waals surface area contributed by atoms with Gasteiger partial charge in [-0.25, -0.2) is 9.67 Å². The number of ether oxygens (including phenoxy) is 1. The van der Waals surface area contributed by atoms with Crippen molar-refractivity contribution in [3.05, 3.63) is 77.7 Å². The Labute approximate surface area is 201 Å². The highest BCUT2D eigenvalue weighted by Crippen LogP contribution is 2.16. The van der Waals surface area contributed by atoms with Crippen LogP contribution in [0.5, 0.6) is 0 Å². The zero-order chi connectivity index (χ0) is 22.1. The fraction of sp³-hybridized carbons (Fsp3) is 0.286. The molecule has 0 unspecified atom stereocenters. The van der Waals surface area contributed by atoms with Crippen LogP contribution in [-0.2, 0) is 24.4 Å². The summed E-state index contributed by atoms with van der Waals surface area (Å²) in [5, 5.41) is 10.6. The van der Waals surface area contributed by atoms with E-state index in [-0.39, 0.29) is 30.6 Å². The van der Waals surface area contributed by atoms with Gasteiger partial charge >= 0.3 is 6.18 Å². The van der Waals surface area contributed by atoms with E-state index in [0.29, 0.717) is 24.6 Å². The lowest BCUT2D eigenvalue weighted by molar-refractivity contribution is -0.176. The van der Waals surface area contributed by atoms with Crippen molar-refractivity contribution < 1.29 is 17.9 Å². The van der Waals surface area contributed by atoms with Gasteiger partial charge in [0.2, 0.25) is 0 Å². The molecule has 7 nitrogen and oxygen atoms in total. The second-order valence-corrected chi connectivity index (χ2v) is 6.68. The van der Waals surface area contributed by atoms with Crippen LogP contribution in [0.2, 0.25) is 0 Å². The quantitative estimate of drug-likeness (QED) is 0.249. The van der Waals surface area contributed by atoms with Crippen molar-refractivity contribution in [3.63, 3.8) is 0 Å². The standard InChI is InChI=1S/C21H23F3N6O.HI/c1-25-20(28-13-18-7-9-26-19(11-18)30-10-2-8-29-30)27-12-16-3-5-17(6-4-16)14-31-15-21(22,23)24;/h2-11H,12-15H2,1H3,(H2,25,27,28);1H. The maximum Gasteiger partial charge on any atom is 0.411 e. The number of nitrogens with zero attached hydrogens (tertiary/aromatic N) is 4. The van der Waals surface area contributed by atoms with E-state index in [1.54, 1.807) is 36.3 Å². The van der Waals surface area contributed by atoms with Crippen LogP contribution in [0.15, 0.2) is 66.0 Å². The van der Waals surface area contributed by atoms with Crippen LogP contribution in [0.4, 0.5) is 13.2 Å². The smallest absolute Gasteiger partial charge is 0.367 e. The summed E-state index contributed by atoms with van der Waals surface area (Å²) in [6.07, 6.45) is 0.933. The number of aromatic nitrogens is 3. The van der Waals surface area contributed by atoms with Gasteiger partial charge in [-0.2, -0.15) is 18.3 Å². The molecule has 172 valence electrons. The number of guanidine groups is 1. The van der Waals surface area contributed by atoms with Gasteiger partial charge in [-0.15, -0.1) is 24.0 Å². The Bertz CT molecular complexity index is 978. The molecule has 0 aliphatic carbocycles. The van der Waals surface area contributed by atoms with Crippen LogP contribution in [0.1, 0.15) is 16.7 Å². The van der Waals surface area contributed by atoms with Crippen LogP contribution in [0.3, 0.4) is 0 Å². The molecule has 32 heavy (non-hydrogen) atoms. The third kappa shape index (κ3) is 8.46. The Hall–Kier alpha value is -2.67. The Balaban J connectivity index is 0.00000363. The summed E-state index contributed by atoms with van der Waals surface area (Å²) in [5.41, 5.74) is 2.67. The lowest BCUT2D eigenvalue weighted by atomic mass is 10.1. The summed E-state index contributed by atoms with van der Waals surface area (Å²) < 4.78 is 42.7. The minimum Gasteiger partial charge on any atom is -0.367 e. The van der Waals surface area contributed by atoms with Crippen molar-refractivity contribution in [2.45, 2.75) is 25.9 Å². The monoisotopic (exact) mass is 560 g/mol. The number of rotatable bonds is 8. The lowest BCUT2D eigenvalue weighted by Gasteiger charge is -2.13. The van der Waals surface area contributed by atoms with Gasteiger partial charge < -0.3 is 15.4 Å². The molecule has 0 aliphatic heterocycles. The number of alkyl halides is 3. The fourth-order valence-corrected chi connectivity index (χ4v) is 2.73. The van der Waals surface area contributed by atoms with E-state index in [4.69, 9.17) is 0 Å². The number of hydrogen-bond donors (Lipinski definition) is 2. The van der Waals surface area contributed by atoms with Crippen LogP contribution >= 0.6 is 24.0 Å². The second kappa shape index (κ2) is 12.4. The SMILES string of the molecule is CN=C(NCc1ccc(COCC(F)(F)F)cc1)NCc1ccnc(-n2cccn2)c1.I. The Morgan fingerprint density at radius 2 is 1.72 bits per heavy atom. The number of nitrogens with one attached hydrogen (secondary N) is 2. The van der Waals surface area contributed by atoms with E-state index in [2.05, 4.69) is 30.4 Å². The molecule has 0 atom stereocenters. The number of benzene rings is 1. The van der Waals surface area contributed by atoms with Crippen molar-refractivity contribution >= 4 is 29.9 Å². The number of pyridine rings is 1. The summed E-state index contributed by atoms with van der Waals surface area (Å²) in [6, 6.07) is 12.9. The molecule has 0 saturated carbocycles. The number of hydrogen-bond acceptors (Lipinski definition) is 4. The molecular weight excluding hydrogens is 536 g/mol. The average molecular weight is 560 g/mol. The van der Waals surface area contributed by atoms with Gasteiger partial charge in [0.25, 0.3) is 0 Å². The average Bonchev–Trinajstić information content (AvgIpc) is 3.29. The molecule has 0 radical (unpaired) electrons. The first kappa shape index (κ1) is 25.6. The topological polar surface area (TPSA) is 76.4 Å². The summed E-state index contributed by atoms with van der Waals surface area (Å²) in [6.45, 7) is -0.272. The second-order valence-electron chi connectivity index (χ2n) is 6.68. The summed E-state index contributed by atoms with van der Waals surface area (Å²) >= 11 is 0. The van der Waals surface area contributed by atoms with Crippen LogP contribution in [-0.4, -0.2) is 40.6 Å². The number of aliphatic imine (C=N–C) groups is 1. The zero-order valence-corrected chi connectivity index (χ0v) is 19.7. The predicted molar refractivity (Wildman–Crippen MR) is 126 cm³/mol. The lowest BCUT2D eigenvalue weighted by Crippen LogP contribution is -2.36. The summed E-state index contributed by atoms with van der Waals surface area (Å²) in [7, 11) is 1.68. The Kier molecular flexibility index (Phi) is 9.91. The molecule has 3 rings (SSSR count). The van der Waals surface area contributed by atoms with E-state index >= 15 is 0 Å². The molecule has 0 amide bonds. The summed E-state index contributed by atoms with van der Waals surface area (Å²) in [5.74, 6) is 1.35. The molecular formula is C21H24F3IN6O. The first-order valence-corrected chi connectivity index (χ1v) is 9.55. The molecule has 0 fully saturated rings. The highest BCUT2D eigenvalue weighted by atomic mass is 127. The third-order valence-corrected chi connectivity index (χ3v) is 4.25. The fourth-order valence-electron chi connectivity index (χ4n) is 2.73. The molecule has 3 aromatic rings. The highest BCUT2D eigenvalue weighted by Gasteiger charge is 2.27. The number of halogens is 4. The third-order valence-electron chi connectivity index (χ3n) is 4.25. The van der Waals surface area contributed by atoms with Gasteiger partial charge in [0.05, 0.1) is 6.61 Å². The van der Waals surface area contributed by atoms with Crippen molar-refractivity contribution in [2.75, 3.05) is 13.7 Å². The molecule has 11 heteroatoms. The first-order chi connectivity index (χ1) is 14.9. The van der Waals surface area contributed by atoms with Gasteiger partial charge in [-0.1, -0.05) is 24.3 Å². The predicted octanol–water partition coefficient (Wildman–Crippen LogP) is 3.83. The minimum absolute atomic E-state index is 0. The van der Waals surface area contributed by atoms with Crippen LogP contribution in [0.25, 0.3) is 5.82 Å². The van der Waals surface area contributed by atoms with E-state index in [1.165, 1.54) is 0 Å². The maximum absolute atomic E-state index is 12.1. The summed E-state index contributed by atoms with van der Waals surface area (Å²) in [4.78, 5) is 8.51. The molecule has 0 aliphatic rings. The zero-order valence-electron chi connectivity index (χ0n) is 17.3. The van der Waals surface area contributed by atoms with Crippen molar-refractivity contribution in [2.24, 2.45) is 4.99 Å². The molecule has 2 aromatic heterocycles. The normalized spacial score (nSPS) is 11.7. The first-order valence-electron chi connectivity index (χ1n) is 9.55. The van der Waals surface area contributed by atoms with E-state index in [1.807, 2.05) is 36.5 Å². The molecule has 0 spiro atoms. The molecule has 1 aromatic carbocycles. The van der Waals surface area contributed by atoms with Crippen LogP contribution < -0.4 is 10.6 Å². The van der Waals surface area contributed by atoms with Crippen molar-refractivity contribution in [1.29, 1.82) is 0 Å². The van der Waals surface area contributed by atoms with Gasteiger partial charge in [-0.3, -0.25) is 4.99 Å². The van der Waals surface area contributed by atoms with Crippen molar-refractivity contribution in [3.8, 4) is 5.82 Å². The largest absolute Gasteiger partial charge is 0.411 e.